The Labute approximate surface area is 154 Å². The third kappa shape index (κ3) is 2.62. The number of hydrogen-bond donors (Lipinski definition) is 1. The molecule has 27 heavy (non-hydrogen) atoms. The summed E-state index contributed by atoms with van der Waals surface area (Å²) < 4.78 is 6.96. The van der Waals surface area contributed by atoms with Crippen LogP contribution in [0, 0.1) is 18.3 Å². The van der Waals surface area contributed by atoms with Crippen LogP contribution in [0.3, 0.4) is 0 Å². The van der Waals surface area contributed by atoms with Crippen molar-refractivity contribution >= 4 is 5.65 Å². The average Bonchev–Trinajstić information content (AvgIpc) is 3.27. The summed E-state index contributed by atoms with van der Waals surface area (Å²) in [6.07, 6.45) is 1.63. The molecule has 0 fully saturated rings. The minimum Gasteiger partial charge on any atom is -0.441 e. The molecule has 7 nitrogen and oxygen atoms in total. The highest BCUT2D eigenvalue weighted by atomic mass is 16.4. The molecule has 0 amide bonds. The number of hydrogen-bond acceptors (Lipinski definition) is 5. The van der Waals surface area contributed by atoms with Crippen LogP contribution in [0.4, 0.5) is 0 Å². The summed E-state index contributed by atoms with van der Waals surface area (Å²) in [6.45, 7) is 5.76. The van der Waals surface area contributed by atoms with E-state index in [1.165, 1.54) is 4.52 Å². The Morgan fingerprint density at radius 3 is 2.59 bits per heavy atom. The highest BCUT2D eigenvalue weighted by Gasteiger charge is 2.22. The van der Waals surface area contributed by atoms with Crippen LogP contribution in [0.5, 0.6) is 0 Å². The van der Waals surface area contributed by atoms with Crippen molar-refractivity contribution in [3.63, 3.8) is 0 Å². The van der Waals surface area contributed by atoms with Crippen molar-refractivity contribution < 1.29 is 4.42 Å². The van der Waals surface area contributed by atoms with Gasteiger partial charge in [-0.05, 0) is 12.5 Å². The van der Waals surface area contributed by atoms with Crippen molar-refractivity contribution in [3.8, 4) is 28.7 Å². The number of nitrogens with zero attached hydrogens (tertiary/aromatic N) is 4. The Morgan fingerprint density at radius 2 is 1.96 bits per heavy atom. The number of rotatable bonds is 3. The molecule has 134 valence electrons. The second-order valence-corrected chi connectivity index (χ2v) is 6.61. The minimum atomic E-state index is -0.378. The van der Waals surface area contributed by atoms with Gasteiger partial charge in [-0.3, -0.25) is 4.79 Å². The Hall–Kier alpha value is -3.66. The molecule has 4 aromatic rings. The van der Waals surface area contributed by atoms with Gasteiger partial charge in [-0.2, -0.15) is 14.9 Å². The van der Waals surface area contributed by atoms with E-state index in [0.29, 0.717) is 28.2 Å². The lowest BCUT2D eigenvalue weighted by Gasteiger charge is -2.05. The van der Waals surface area contributed by atoms with E-state index in [1.807, 2.05) is 44.2 Å². The maximum atomic E-state index is 13.1. The molecule has 3 aromatic heterocycles. The summed E-state index contributed by atoms with van der Waals surface area (Å²) >= 11 is 0. The van der Waals surface area contributed by atoms with Gasteiger partial charge < -0.3 is 9.40 Å². The molecule has 0 aliphatic rings. The van der Waals surface area contributed by atoms with E-state index < -0.39 is 0 Å². The molecule has 0 aliphatic carbocycles. The van der Waals surface area contributed by atoms with E-state index >= 15 is 0 Å². The number of nitrogens with one attached hydrogen (secondary N) is 1. The molecule has 1 aromatic carbocycles. The summed E-state index contributed by atoms with van der Waals surface area (Å²) in [7, 11) is 0. The van der Waals surface area contributed by atoms with Crippen molar-refractivity contribution in [1.29, 1.82) is 5.26 Å². The standard InChI is InChI=1S/C20H17N5O2/c1-11(2)15-10-22-19(27-15)16-12(3)23-18-17(13-7-5-4-6-8-13)14(9-21)24-25(18)20(16)26/h4-8,10-11,23H,1-3H3. The number of aromatic nitrogens is 4. The Bertz CT molecular complexity index is 1240. The number of aromatic amines is 1. The fourth-order valence-corrected chi connectivity index (χ4v) is 3.06. The van der Waals surface area contributed by atoms with Crippen LogP contribution in [0.25, 0.3) is 28.2 Å². The minimum absolute atomic E-state index is 0.161. The van der Waals surface area contributed by atoms with E-state index in [4.69, 9.17) is 4.42 Å². The number of nitriles is 1. The monoisotopic (exact) mass is 359 g/mol. The lowest BCUT2D eigenvalue weighted by Crippen LogP contribution is -2.19. The van der Waals surface area contributed by atoms with Crippen LogP contribution in [0.15, 0.2) is 45.7 Å². The molecule has 0 atom stereocenters. The first-order valence-corrected chi connectivity index (χ1v) is 8.58. The normalized spacial score (nSPS) is 11.2. The third-order valence-electron chi connectivity index (χ3n) is 4.45. The van der Waals surface area contributed by atoms with Crippen molar-refractivity contribution in [3.05, 3.63) is 64.0 Å². The van der Waals surface area contributed by atoms with Crippen LogP contribution < -0.4 is 5.56 Å². The van der Waals surface area contributed by atoms with Gasteiger partial charge in [-0.25, -0.2) is 4.98 Å². The van der Waals surface area contributed by atoms with Gasteiger partial charge in [0.15, 0.2) is 5.69 Å². The van der Waals surface area contributed by atoms with E-state index in [9.17, 15) is 10.1 Å². The zero-order valence-electron chi connectivity index (χ0n) is 15.1. The molecule has 0 bridgehead atoms. The third-order valence-corrected chi connectivity index (χ3v) is 4.45. The van der Waals surface area contributed by atoms with Crippen LogP contribution in [0.2, 0.25) is 0 Å². The number of H-pyrrole nitrogens is 1. The van der Waals surface area contributed by atoms with Gasteiger partial charge >= 0.3 is 0 Å². The van der Waals surface area contributed by atoms with Crippen LogP contribution in [0.1, 0.15) is 36.9 Å². The maximum absolute atomic E-state index is 13.1. The van der Waals surface area contributed by atoms with Gasteiger partial charge in [0.1, 0.15) is 23.0 Å². The van der Waals surface area contributed by atoms with Crippen molar-refractivity contribution in [2.75, 3.05) is 0 Å². The lowest BCUT2D eigenvalue weighted by atomic mass is 10.1. The quantitative estimate of drug-likeness (QED) is 0.602. The van der Waals surface area contributed by atoms with Crippen molar-refractivity contribution in [1.82, 2.24) is 19.6 Å². The summed E-state index contributed by atoms with van der Waals surface area (Å²) in [5.41, 5.74) is 2.59. The molecule has 7 heteroatoms. The summed E-state index contributed by atoms with van der Waals surface area (Å²) in [4.78, 5) is 20.6. The largest absolute Gasteiger partial charge is 0.441 e. The summed E-state index contributed by atoms with van der Waals surface area (Å²) in [5.74, 6) is 1.11. The first kappa shape index (κ1) is 16.8. The van der Waals surface area contributed by atoms with Crippen LogP contribution >= 0.6 is 0 Å². The molecule has 0 aliphatic heterocycles. The van der Waals surface area contributed by atoms with Gasteiger partial charge in [-0.15, -0.1) is 0 Å². The second kappa shape index (κ2) is 6.25. The fourth-order valence-electron chi connectivity index (χ4n) is 3.06. The van der Waals surface area contributed by atoms with E-state index in [-0.39, 0.29) is 23.1 Å². The molecule has 0 unspecified atom stereocenters. The SMILES string of the molecule is Cc1[nH]c2c(-c3ccccc3)c(C#N)nn2c(=O)c1-c1ncc(C(C)C)o1. The van der Waals surface area contributed by atoms with Crippen molar-refractivity contribution in [2.24, 2.45) is 0 Å². The first-order valence-electron chi connectivity index (χ1n) is 8.58. The summed E-state index contributed by atoms with van der Waals surface area (Å²) in [5, 5.41) is 13.7. The molecule has 1 N–H and O–H groups in total. The van der Waals surface area contributed by atoms with Gasteiger partial charge in [-0.1, -0.05) is 44.2 Å². The topological polar surface area (TPSA) is 100.0 Å². The predicted octanol–water partition coefficient (Wildman–Crippen LogP) is 3.65. The molecule has 0 saturated carbocycles. The van der Waals surface area contributed by atoms with E-state index in [1.54, 1.807) is 13.1 Å². The van der Waals surface area contributed by atoms with E-state index in [2.05, 4.69) is 21.1 Å². The van der Waals surface area contributed by atoms with Gasteiger partial charge in [0.2, 0.25) is 5.89 Å². The smallest absolute Gasteiger partial charge is 0.287 e. The van der Waals surface area contributed by atoms with Crippen LogP contribution in [-0.4, -0.2) is 19.6 Å². The first-order chi connectivity index (χ1) is 13.0. The number of fused-ring (bicyclic) bond motifs is 1. The summed E-state index contributed by atoms with van der Waals surface area (Å²) in [6, 6.07) is 11.5. The van der Waals surface area contributed by atoms with Crippen molar-refractivity contribution in [2.45, 2.75) is 26.7 Å². The second-order valence-electron chi connectivity index (χ2n) is 6.61. The molecule has 4 rings (SSSR count). The molecular formula is C20H17N5O2. The number of benzene rings is 1. The van der Waals surface area contributed by atoms with Gasteiger partial charge in [0, 0.05) is 11.6 Å². The Kier molecular flexibility index (Phi) is 3.89. The highest BCUT2D eigenvalue weighted by molar-refractivity contribution is 5.82. The van der Waals surface area contributed by atoms with Gasteiger partial charge in [0.05, 0.1) is 11.8 Å². The van der Waals surface area contributed by atoms with Crippen LogP contribution in [-0.2, 0) is 0 Å². The zero-order valence-corrected chi connectivity index (χ0v) is 15.1. The Morgan fingerprint density at radius 1 is 1.22 bits per heavy atom. The number of oxazole rings is 1. The molecule has 0 spiro atoms. The average molecular weight is 359 g/mol. The Balaban J connectivity index is 2.01. The highest BCUT2D eigenvalue weighted by Crippen LogP contribution is 2.28. The molecule has 3 heterocycles. The predicted molar refractivity (Wildman–Crippen MR) is 100 cm³/mol. The maximum Gasteiger partial charge on any atom is 0.287 e. The fraction of sp³-hybridized carbons (Fsp3) is 0.200. The molecule has 0 radical (unpaired) electrons. The van der Waals surface area contributed by atoms with E-state index in [0.717, 1.165) is 5.56 Å². The molecular weight excluding hydrogens is 342 g/mol. The number of aryl methyl sites for hydroxylation is 1. The zero-order chi connectivity index (χ0) is 19.1. The molecule has 0 saturated heterocycles. The lowest BCUT2D eigenvalue weighted by molar-refractivity contribution is 0.494. The van der Waals surface area contributed by atoms with Gasteiger partial charge in [0.25, 0.3) is 5.56 Å².